The van der Waals surface area contributed by atoms with Crippen LogP contribution in [0.25, 0.3) is 11.2 Å². The Balaban J connectivity index is 2.05. The van der Waals surface area contributed by atoms with Crippen LogP contribution in [0.1, 0.15) is 6.23 Å². The molecule has 0 amide bonds. The smallest absolute Gasteiger partial charge is 0.382 e. The lowest BCUT2D eigenvalue weighted by Gasteiger charge is -2.31. The van der Waals surface area contributed by atoms with Gasteiger partial charge in [0.05, 0.1) is 6.33 Å². The monoisotopic (exact) mass is 461 g/mol. The molecule has 162 valence electrons. The Morgan fingerprint density at radius 1 is 1.24 bits per heavy atom. The second-order valence-corrected chi connectivity index (χ2v) is 8.11. The molecule has 2 aromatic rings. The van der Waals surface area contributed by atoms with Crippen LogP contribution in [0.2, 0.25) is 0 Å². The van der Waals surface area contributed by atoms with Crippen LogP contribution >= 0.6 is 15.6 Å². The van der Waals surface area contributed by atoms with Crippen molar-refractivity contribution in [2.45, 2.75) is 30.6 Å². The SMILES string of the molecule is Nc1ncnc2c1ncn2[C@@H]1O[C@H](C(O)OP(=O)(O)O)[C@](O)(OP(=O)(O)O)[C@H]1F. The minimum absolute atomic E-state index is 0.0155. The Hall–Kier alpha value is -1.62. The van der Waals surface area contributed by atoms with Crippen molar-refractivity contribution in [1.82, 2.24) is 19.5 Å². The minimum atomic E-state index is -5.61. The van der Waals surface area contributed by atoms with Crippen molar-refractivity contribution in [2.24, 2.45) is 0 Å². The third-order valence-corrected chi connectivity index (χ3v) is 4.79. The number of fused-ring (bicyclic) bond motifs is 1. The van der Waals surface area contributed by atoms with Crippen molar-refractivity contribution in [3.63, 3.8) is 0 Å². The zero-order valence-corrected chi connectivity index (χ0v) is 15.6. The summed E-state index contributed by atoms with van der Waals surface area (Å²) in [4.78, 5) is 46.9. The maximum atomic E-state index is 15.1. The number of phosphoric acid groups is 2. The molecule has 5 atom stereocenters. The molecule has 0 aromatic carbocycles. The van der Waals surface area contributed by atoms with Crippen molar-refractivity contribution in [3.8, 4) is 0 Å². The lowest BCUT2D eigenvalue weighted by atomic mass is 10.1. The number of nitrogen functional groups attached to an aromatic ring is 1. The Kier molecular flexibility index (Phi) is 5.53. The Morgan fingerprint density at radius 3 is 2.48 bits per heavy atom. The summed E-state index contributed by atoms with van der Waals surface area (Å²) in [7, 11) is -11.0. The largest absolute Gasteiger partial charge is 0.472 e. The molecule has 1 fully saturated rings. The van der Waals surface area contributed by atoms with Gasteiger partial charge in [-0.25, -0.2) is 33.0 Å². The summed E-state index contributed by atoms with van der Waals surface area (Å²) in [6.07, 6.45) is -8.22. The number of nitrogens with two attached hydrogens (primary N) is 1. The number of anilines is 1. The topological polar surface area (TPSA) is 253 Å². The van der Waals surface area contributed by atoms with Crippen LogP contribution in [-0.4, -0.2) is 73.7 Å². The van der Waals surface area contributed by atoms with Crippen LogP contribution in [0, 0.1) is 0 Å². The highest BCUT2D eigenvalue weighted by atomic mass is 31.2. The molecule has 0 bridgehead atoms. The van der Waals surface area contributed by atoms with Crippen molar-refractivity contribution in [1.29, 1.82) is 0 Å². The van der Waals surface area contributed by atoms with Gasteiger partial charge >= 0.3 is 15.6 Å². The number of imidazole rings is 1. The summed E-state index contributed by atoms with van der Waals surface area (Å²) in [6.45, 7) is 0. The molecule has 1 saturated heterocycles. The number of halogens is 1. The number of hydrogen-bond acceptors (Lipinski definition) is 11. The lowest BCUT2D eigenvalue weighted by Crippen LogP contribution is -2.52. The fourth-order valence-electron chi connectivity index (χ4n) is 2.70. The molecule has 0 aliphatic carbocycles. The van der Waals surface area contributed by atoms with Gasteiger partial charge in [0.15, 0.2) is 30.1 Å². The van der Waals surface area contributed by atoms with Gasteiger partial charge in [0, 0.05) is 0 Å². The first-order valence-electron chi connectivity index (χ1n) is 7.36. The van der Waals surface area contributed by atoms with E-state index in [1.165, 1.54) is 0 Å². The van der Waals surface area contributed by atoms with Gasteiger partial charge in [0.2, 0.25) is 12.0 Å². The first-order valence-corrected chi connectivity index (χ1v) is 10.4. The predicted octanol–water partition coefficient (Wildman–Crippen LogP) is -2.13. The van der Waals surface area contributed by atoms with E-state index in [1.54, 1.807) is 0 Å². The number of phosphoric ester groups is 2. The van der Waals surface area contributed by atoms with E-state index in [4.69, 9.17) is 30.0 Å². The van der Waals surface area contributed by atoms with E-state index in [0.717, 1.165) is 17.2 Å². The lowest BCUT2D eigenvalue weighted by molar-refractivity contribution is -0.253. The van der Waals surface area contributed by atoms with E-state index in [0.29, 0.717) is 0 Å². The van der Waals surface area contributed by atoms with Gasteiger partial charge in [-0.05, 0) is 0 Å². The number of alkyl halides is 1. The highest BCUT2D eigenvalue weighted by Gasteiger charge is 2.64. The zero-order valence-electron chi connectivity index (χ0n) is 13.8. The molecule has 3 heterocycles. The second-order valence-electron chi connectivity index (χ2n) is 5.75. The fourth-order valence-corrected chi connectivity index (χ4v) is 3.68. The number of ether oxygens (including phenoxy) is 1. The van der Waals surface area contributed by atoms with Gasteiger partial charge in [0.1, 0.15) is 11.8 Å². The molecule has 1 aliphatic rings. The molecule has 0 spiro atoms. The van der Waals surface area contributed by atoms with Crippen LogP contribution < -0.4 is 5.73 Å². The van der Waals surface area contributed by atoms with Gasteiger partial charge in [-0.3, -0.25) is 9.09 Å². The molecule has 0 radical (unpaired) electrons. The highest BCUT2D eigenvalue weighted by molar-refractivity contribution is 7.46. The molecule has 8 N–H and O–H groups in total. The fraction of sp³-hybridized carbons (Fsp3) is 0.500. The van der Waals surface area contributed by atoms with E-state index in [2.05, 4.69) is 24.0 Å². The van der Waals surface area contributed by atoms with Crippen molar-refractivity contribution in [3.05, 3.63) is 12.7 Å². The predicted molar refractivity (Wildman–Crippen MR) is 85.8 cm³/mol. The van der Waals surface area contributed by atoms with Gasteiger partial charge in [-0.2, -0.15) is 0 Å². The van der Waals surface area contributed by atoms with Gasteiger partial charge in [-0.1, -0.05) is 0 Å². The molecule has 3 rings (SSSR count). The number of aliphatic hydroxyl groups excluding tert-OH is 1. The van der Waals surface area contributed by atoms with E-state index in [-0.39, 0.29) is 17.0 Å². The van der Waals surface area contributed by atoms with Crippen molar-refractivity contribution in [2.75, 3.05) is 5.73 Å². The van der Waals surface area contributed by atoms with Gasteiger partial charge in [-0.15, -0.1) is 0 Å². The summed E-state index contributed by atoms with van der Waals surface area (Å²) in [5, 5.41) is 20.3. The number of aliphatic hydroxyl groups is 2. The maximum Gasteiger partial charge on any atom is 0.472 e. The average molecular weight is 461 g/mol. The first-order chi connectivity index (χ1) is 13.2. The average Bonchev–Trinajstić information content (AvgIpc) is 3.06. The minimum Gasteiger partial charge on any atom is -0.382 e. The van der Waals surface area contributed by atoms with Crippen LogP contribution in [-0.2, 0) is 22.9 Å². The maximum absolute atomic E-state index is 15.1. The normalized spacial score (nSPS) is 29.4. The molecule has 19 heteroatoms. The molecule has 1 aliphatic heterocycles. The molecular formula is C10H14FN5O11P2. The van der Waals surface area contributed by atoms with Crippen LogP contribution in [0.5, 0.6) is 0 Å². The summed E-state index contributed by atoms with van der Waals surface area (Å²) < 4.78 is 51.1. The van der Waals surface area contributed by atoms with Crippen LogP contribution in [0.3, 0.4) is 0 Å². The van der Waals surface area contributed by atoms with Crippen molar-refractivity contribution < 1.29 is 57.1 Å². The third kappa shape index (κ3) is 4.30. The number of nitrogens with zero attached hydrogens (tertiary/aromatic N) is 4. The molecule has 1 unspecified atom stereocenters. The molecular weight excluding hydrogens is 447 g/mol. The summed E-state index contributed by atoms with van der Waals surface area (Å²) in [5.74, 6) is -3.71. The van der Waals surface area contributed by atoms with Gasteiger partial charge in [0.25, 0.3) is 0 Å². The standard InChI is InChI=1S/C10H14FN5O11P2/c11-4-8(16-2-15-3-6(12)13-1-14-7(3)16)25-5(9(17)26-28(19,20)21)10(4,18)27-29(22,23)24/h1-2,4-5,8-9,17-18H,(H2,12,13,14)(H2,19,20,21)(H2,22,23,24)/t4-,5+,8+,9?,10+/m0/s1. The van der Waals surface area contributed by atoms with Gasteiger partial charge < -0.3 is 40.3 Å². The van der Waals surface area contributed by atoms with E-state index in [1.807, 2.05) is 0 Å². The first kappa shape index (κ1) is 22.1. The molecule has 16 nitrogen and oxygen atoms in total. The second kappa shape index (κ2) is 7.26. The van der Waals surface area contributed by atoms with Crippen molar-refractivity contribution >= 4 is 32.6 Å². The number of hydrogen-bond donors (Lipinski definition) is 7. The van der Waals surface area contributed by atoms with Crippen LogP contribution in [0.4, 0.5) is 10.2 Å². The van der Waals surface area contributed by atoms with E-state index < -0.39 is 46.2 Å². The molecule has 2 aromatic heterocycles. The third-order valence-electron chi connectivity index (χ3n) is 3.77. The molecule has 29 heavy (non-hydrogen) atoms. The molecule has 0 saturated carbocycles. The van der Waals surface area contributed by atoms with E-state index in [9.17, 15) is 19.3 Å². The summed E-state index contributed by atoms with van der Waals surface area (Å²) in [5.41, 5.74) is 5.45. The summed E-state index contributed by atoms with van der Waals surface area (Å²) >= 11 is 0. The Morgan fingerprint density at radius 2 is 1.90 bits per heavy atom. The Labute approximate surface area is 159 Å². The number of aromatic nitrogens is 4. The quantitative estimate of drug-likeness (QED) is 0.179. The van der Waals surface area contributed by atoms with E-state index >= 15 is 4.39 Å². The van der Waals surface area contributed by atoms with Crippen LogP contribution in [0.15, 0.2) is 12.7 Å². The summed E-state index contributed by atoms with van der Waals surface area (Å²) in [6, 6.07) is 0. The highest BCUT2D eigenvalue weighted by Crippen LogP contribution is 2.52. The zero-order chi connectivity index (χ0) is 21.8. The number of rotatable bonds is 6. The Bertz CT molecular complexity index is 1010.